The molecule has 2 aromatic rings. The Morgan fingerprint density at radius 2 is 2.24 bits per heavy atom. The summed E-state index contributed by atoms with van der Waals surface area (Å²) in [7, 11) is 3.91. The molecule has 5 nitrogen and oxygen atoms in total. The minimum atomic E-state index is -0.224. The van der Waals surface area contributed by atoms with Crippen molar-refractivity contribution in [3.05, 3.63) is 43.0 Å². The number of rotatable bonds is 2. The average Bonchev–Trinajstić information content (AvgIpc) is 2.82. The van der Waals surface area contributed by atoms with E-state index in [2.05, 4.69) is 10.3 Å². The molecular formula is C12H14N4O. The molecule has 0 saturated heterocycles. The van der Waals surface area contributed by atoms with Gasteiger partial charge in [-0.15, -0.1) is 0 Å². The molecule has 0 aliphatic rings. The molecule has 1 amide bonds. The molecule has 1 aromatic carbocycles. The second-order valence-electron chi connectivity index (χ2n) is 3.84. The number of hydrogen-bond donors (Lipinski definition) is 1. The lowest BCUT2D eigenvalue weighted by Gasteiger charge is -2.13. The molecule has 1 N–H and O–H groups in total. The Balaban J connectivity index is 2.14. The number of hydrogen-bond acceptors (Lipinski definition) is 3. The third kappa shape index (κ3) is 2.63. The van der Waals surface area contributed by atoms with Gasteiger partial charge in [0.25, 0.3) is 0 Å². The Hall–Kier alpha value is -2.30. The third-order valence-corrected chi connectivity index (χ3v) is 2.35. The zero-order valence-electron chi connectivity index (χ0n) is 9.79. The number of nitrogens with zero attached hydrogens (tertiary/aromatic N) is 3. The lowest BCUT2D eigenvalue weighted by molar-refractivity contribution is 0.253. The molecule has 0 bridgehead atoms. The smallest absolute Gasteiger partial charge is 0.331 e. The van der Waals surface area contributed by atoms with E-state index in [1.165, 1.54) is 10.9 Å². The summed E-state index contributed by atoms with van der Waals surface area (Å²) in [5.41, 5.74) is 1.79. The van der Waals surface area contributed by atoms with Gasteiger partial charge in [-0.05, 0) is 18.2 Å². The number of amides is 1. The first-order valence-electron chi connectivity index (χ1n) is 5.23. The first-order valence-corrected chi connectivity index (χ1v) is 5.23. The van der Waals surface area contributed by atoms with Gasteiger partial charge in [-0.2, -0.15) is 0 Å². The van der Waals surface area contributed by atoms with Crippen LogP contribution in [0.1, 0.15) is 0 Å². The highest BCUT2D eigenvalue weighted by Gasteiger charge is 2.04. The first-order chi connectivity index (χ1) is 8.16. The van der Waals surface area contributed by atoms with Crippen LogP contribution in [0.25, 0.3) is 0 Å². The average molecular weight is 230 g/mol. The maximum Gasteiger partial charge on any atom is 0.331 e. The molecule has 0 spiro atoms. The molecule has 0 saturated carbocycles. The number of benzene rings is 1. The minimum Gasteiger partial charge on any atom is -0.378 e. The fraction of sp³-hybridized carbons (Fsp3) is 0.167. The van der Waals surface area contributed by atoms with Crippen molar-refractivity contribution in [1.29, 1.82) is 0 Å². The Morgan fingerprint density at radius 3 is 2.88 bits per heavy atom. The molecule has 0 fully saturated rings. The van der Waals surface area contributed by atoms with E-state index < -0.39 is 0 Å². The number of aromatic nitrogens is 2. The van der Waals surface area contributed by atoms with Gasteiger partial charge in [0, 0.05) is 37.9 Å². The summed E-state index contributed by atoms with van der Waals surface area (Å²) < 4.78 is 1.39. The monoisotopic (exact) mass is 230 g/mol. The number of anilines is 2. The zero-order valence-corrected chi connectivity index (χ0v) is 9.79. The Morgan fingerprint density at radius 1 is 1.41 bits per heavy atom. The SMILES string of the molecule is CN(C)c1cccc(NC(=O)n2ccnc2)c1. The highest BCUT2D eigenvalue weighted by atomic mass is 16.2. The maximum atomic E-state index is 11.8. The van der Waals surface area contributed by atoms with Crippen molar-refractivity contribution >= 4 is 17.4 Å². The van der Waals surface area contributed by atoms with Gasteiger partial charge in [0.15, 0.2) is 0 Å². The van der Waals surface area contributed by atoms with Crippen LogP contribution in [0.5, 0.6) is 0 Å². The van der Waals surface area contributed by atoms with E-state index >= 15 is 0 Å². The van der Waals surface area contributed by atoms with Gasteiger partial charge in [0.05, 0.1) is 0 Å². The molecule has 1 aromatic heterocycles. The molecule has 2 rings (SSSR count). The number of imidazole rings is 1. The van der Waals surface area contributed by atoms with Crippen LogP contribution < -0.4 is 10.2 Å². The molecular weight excluding hydrogens is 216 g/mol. The van der Waals surface area contributed by atoms with E-state index in [4.69, 9.17) is 0 Å². The van der Waals surface area contributed by atoms with Crippen LogP contribution in [0, 0.1) is 0 Å². The largest absolute Gasteiger partial charge is 0.378 e. The lowest BCUT2D eigenvalue weighted by Crippen LogP contribution is -2.18. The topological polar surface area (TPSA) is 50.2 Å². The van der Waals surface area contributed by atoms with Gasteiger partial charge in [-0.1, -0.05) is 6.07 Å². The van der Waals surface area contributed by atoms with Crippen LogP contribution >= 0.6 is 0 Å². The van der Waals surface area contributed by atoms with Gasteiger partial charge >= 0.3 is 6.03 Å². The Kier molecular flexibility index (Phi) is 3.09. The molecule has 0 aliphatic carbocycles. The minimum absolute atomic E-state index is 0.224. The second kappa shape index (κ2) is 4.69. The van der Waals surface area contributed by atoms with Crippen LogP contribution in [0.2, 0.25) is 0 Å². The summed E-state index contributed by atoms with van der Waals surface area (Å²) in [5.74, 6) is 0. The molecule has 0 unspecified atom stereocenters. The summed E-state index contributed by atoms with van der Waals surface area (Å²) in [6.45, 7) is 0. The fourth-order valence-electron chi connectivity index (χ4n) is 1.43. The van der Waals surface area contributed by atoms with Gasteiger partial charge in [-0.3, -0.25) is 4.57 Å². The summed E-state index contributed by atoms with van der Waals surface area (Å²) in [6.07, 6.45) is 4.63. The van der Waals surface area contributed by atoms with Crippen molar-refractivity contribution in [1.82, 2.24) is 9.55 Å². The zero-order chi connectivity index (χ0) is 12.3. The van der Waals surface area contributed by atoms with Gasteiger partial charge in [0.1, 0.15) is 6.33 Å². The van der Waals surface area contributed by atoms with Crippen LogP contribution in [-0.2, 0) is 0 Å². The Labute approximate surface area is 99.7 Å². The van der Waals surface area contributed by atoms with E-state index in [-0.39, 0.29) is 6.03 Å². The van der Waals surface area contributed by atoms with Gasteiger partial charge < -0.3 is 10.2 Å². The predicted molar refractivity (Wildman–Crippen MR) is 67.4 cm³/mol. The van der Waals surface area contributed by atoms with E-state index in [1.54, 1.807) is 12.4 Å². The van der Waals surface area contributed by atoms with E-state index in [9.17, 15) is 4.79 Å². The van der Waals surface area contributed by atoms with Crippen LogP contribution in [0.4, 0.5) is 16.2 Å². The molecule has 0 atom stereocenters. The van der Waals surface area contributed by atoms with Gasteiger partial charge in [0.2, 0.25) is 0 Å². The predicted octanol–water partition coefficient (Wildman–Crippen LogP) is 2.03. The quantitative estimate of drug-likeness (QED) is 0.858. The van der Waals surface area contributed by atoms with E-state index in [1.807, 2.05) is 43.3 Å². The fourth-order valence-corrected chi connectivity index (χ4v) is 1.43. The summed E-state index contributed by atoms with van der Waals surface area (Å²) in [4.78, 5) is 17.6. The molecule has 0 aliphatic heterocycles. The number of nitrogens with one attached hydrogen (secondary N) is 1. The van der Waals surface area contributed by atoms with Crippen molar-refractivity contribution < 1.29 is 4.79 Å². The second-order valence-corrected chi connectivity index (χ2v) is 3.84. The molecule has 17 heavy (non-hydrogen) atoms. The van der Waals surface area contributed by atoms with Crippen molar-refractivity contribution in [2.24, 2.45) is 0 Å². The van der Waals surface area contributed by atoms with Gasteiger partial charge in [-0.25, -0.2) is 9.78 Å². The summed E-state index contributed by atoms with van der Waals surface area (Å²) >= 11 is 0. The molecule has 5 heteroatoms. The number of carbonyl (C=O) groups is 1. The van der Waals surface area contributed by atoms with Crippen molar-refractivity contribution in [3.63, 3.8) is 0 Å². The standard InChI is InChI=1S/C12H14N4O/c1-15(2)11-5-3-4-10(8-11)14-12(17)16-7-6-13-9-16/h3-9H,1-2H3,(H,14,17). The molecule has 88 valence electrons. The van der Waals surface area contributed by atoms with Crippen molar-refractivity contribution in [2.75, 3.05) is 24.3 Å². The summed E-state index contributed by atoms with van der Waals surface area (Å²) in [6, 6.07) is 7.42. The normalized spacial score (nSPS) is 10.0. The Bertz CT molecular complexity index is 505. The van der Waals surface area contributed by atoms with Crippen molar-refractivity contribution in [2.45, 2.75) is 0 Å². The van der Waals surface area contributed by atoms with Crippen LogP contribution in [-0.4, -0.2) is 29.7 Å². The highest BCUT2D eigenvalue weighted by molar-refractivity contribution is 5.91. The van der Waals surface area contributed by atoms with Crippen LogP contribution in [0.3, 0.4) is 0 Å². The first kappa shape index (κ1) is 11.2. The number of carbonyl (C=O) groups excluding carboxylic acids is 1. The van der Waals surface area contributed by atoms with E-state index in [0.717, 1.165) is 11.4 Å². The van der Waals surface area contributed by atoms with Crippen molar-refractivity contribution in [3.8, 4) is 0 Å². The highest BCUT2D eigenvalue weighted by Crippen LogP contribution is 2.17. The van der Waals surface area contributed by atoms with Crippen LogP contribution in [0.15, 0.2) is 43.0 Å². The van der Waals surface area contributed by atoms with E-state index in [0.29, 0.717) is 0 Å². The summed E-state index contributed by atoms with van der Waals surface area (Å²) in [5, 5.41) is 2.80. The maximum absolute atomic E-state index is 11.8. The third-order valence-electron chi connectivity index (χ3n) is 2.35. The molecule has 0 radical (unpaired) electrons. The molecule has 1 heterocycles. The lowest BCUT2D eigenvalue weighted by atomic mass is 10.2.